The number of hydrogen-bond acceptors (Lipinski definition) is 5. The van der Waals surface area contributed by atoms with Gasteiger partial charge >= 0.3 is 0 Å². The molecule has 0 aliphatic carbocycles. The van der Waals surface area contributed by atoms with Crippen molar-refractivity contribution in [3.05, 3.63) is 100 Å². The summed E-state index contributed by atoms with van der Waals surface area (Å²) in [5, 5.41) is 21.0. The number of ether oxygens (including phenoxy) is 1. The van der Waals surface area contributed by atoms with Crippen LogP contribution in [-0.4, -0.2) is 32.9 Å². The highest BCUT2D eigenvalue weighted by Gasteiger charge is 2.46. The lowest BCUT2D eigenvalue weighted by molar-refractivity contribution is -0.140. The van der Waals surface area contributed by atoms with Crippen LogP contribution < -0.4 is 4.74 Å². The molecule has 1 aliphatic rings. The minimum atomic E-state index is -0.804. The van der Waals surface area contributed by atoms with E-state index in [1.165, 1.54) is 17.0 Å². The first-order valence-corrected chi connectivity index (χ1v) is 11.6. The fraction of sp³-hybridized carbons (Fsp3) is 0.241. The Morgan fingerprint density at radius 1 is 0.971 bits per heavy atom. The zero-order valence-corrected chi connectivity index (χ0v) is 20.3. The van der Waals surface area contributed by atoms with Crippen molar-refractivity contribution in [2.75, 3.05) is 0 Å². The van der Waals surface area contributed by atoms with E-state index >= 15 is 0 Å². The number of aryl methyl sites for hydroxylation is 2. The molecule has 6 heteroatoms. The number of Topliss-reactive ketones (excluding diaryl/α,β-unsaturated/α-hetero) is 1. The molecule has 35 heavy (non-hydrogen) atoms. The summed E-state index contributed by atoms with van der Waals surface area (Å²) < 4.78 is 5.67. The van der Waals surface area contributed by atoms with E-state index in [1.54, 1.807) is 36.4 Å². The highest BCUT2D eigenvalue weighted by atomic mass is 16.5. The molecule has 3 aromatic rings. The minimum Gasteiger partial charge on any atom is -0.508 e. The number of nitrogens with zero attached hydrogens (tertiary/aromatic N) is 1. The Hall–Kier alpha value is -4.06. The van der Waals surface area contributed by atoms with E-state index in [0.717, 1.165) is 16.7 Å². The van der Waals surface area contributed by atoms with Gasteiger partial charge in [0.1, 0.15) is 17.3 Å². The van der Waals surface area contributed by atoms with Gasteiger partial charge in [0.15, 0.2) is 0 Å². The molecular formula is C29H29NO5. The number of phenolic OH excluding ortho intramolecular Hbond substituents is 1. The van der Waals surface area contributed by atoms with Crippen molar-refractivity contribution in [3.8, 4) is 11.5 Å². The van der Waals surface area contributed by atoms with Crippen LogP contribution in [-0.2, 0) is 16.1 Å². The van der Waals surface area contributed by atoms with Crippen molar-refractivity contribution in [2.45, 2.75) is 46.4 Å². The highest BCUT2D eigenvalue weighted by Crippen LogP contribution is 2.41. The zero-order valence-electron chi connectivity index (χ0n) is 20.3. The van der Waals surface area contributed by atoms with Gasteiger partial charge in [-0.25, -0.2) is 0 Å². The summed E-state index contributed by atoms with van der Waals surface area (Å²) in [4.78, 5) is 28.0. The lowest BCUT2D eigenvalue weighted by Crippen LogP contribution is -2.29. The van der Waals surface area contributed by atoms with Crippen LogP contribution in [0.5, 0.6) is 11.5 Å². The Morgan fingerprint density at radius 2 is 1.63 bits per heavy atom. The Balaban J connectivity index is 1.81. The average molecular weight is 472 g/mol. The number of ketones is 1. The molecule has 1 atom stereocenters. The second-order valence-electron chi connectivity index (χ2n) is 9.14. The van der Waals surface area contributed by atoms with E-state index in [9.17, 15) is 19.8 Å². The lowest BCUT2D eigenvalue weighted by atomic mass is 9.95. The van der Waals surface area contributed by atoms with E-state index in [-0.39, 0.29) is 29.7 Å². The zero-order chi connectivity index (χ0) is 25.3. The van der Waals surface area contributed by atoms with Crippen LogP contribution in [0.2, 0.25) is 0 Å². The molecule has 0 radical (unpaired) electrons. The van der Waals surface area contributed by atoms with Crippen LogP contribution in [0.3, 0.4) is 0 Å². The molecule has 0 spiro atoms. The molecule has 1 fully saturated rings. The SMILES string of the molecule is Cc1ccc(C)c(CN2C(=O)C(=O)/C(=C(/O)c3ccc(OC(C)C)cc3)C2c2ccc(O)cc2)c1. The van der Waals surface area contributed by atoms with Crippen molar-refractivity contribution in [3.63, 3.8) is 0 Å². The third kappa shape index (κ3) is 4.92. The molecule has 1 aliphatic heterocycles. The van der Waals surface area contributed by atoms with Gasteiger partial charge in [-0.3, -0.25) is 9.59 Å². The number of likely N-dealkylation sites (tertiary alicyclic amines) is 1. The number of benzene rings is 3. The van der Waals surface area contributed by atoms with Gasteiger partial charge in [-0.2, -0.15) is 0 Å². The standard InChI is InChI=1S/C29H29NO5/c1-17(2)35-24-13-9-21(10-14-24)27(32)25-26(20-7-11-23(31)12-8-20)30(29(34)28(25)33)16-22-15-18(3)5-6-19(22)4/h5-15,17,26,31-32H,16H2,1-4H3/b27-25+. The maximum absolute atomic E-state index is 13.3. The molecule has 180 valence electrons. The average Bonchev–Trinajstić information content (AvgIpc) is 3.06. The molecule has 0 bridgehead atoms. The van der Waals surface area contributed by atoms with Crippen molar-refractivity contribution in [1.29, 1.82) is 0 Å². The van der Waals surface area contributed by atoms with Gasteiger partial charge in [0, 0.05) is 12.1 Å². The summed E-state index contributed by atoms with van der Waals surface area (Å²) >= 11 is 0. The number of aromatic hydroxyl groups is 1. The van der Waals surface area contributed by atoms with Crippen LogP contribution in [0.1, 0.15) is 47.7 Å². The van der Waals surface area contributed by atoms with Crippen LogP contribution in [0.4, 0.5) is 0 Å². The molecule has 0 saturated carbocycles. The largest absolute Gasteiger partial charge is 0.508 e. The quantitative estimate of drug-likeness (QED) is 0.285. The van der Waals surface area contributed by atoms with Gasteiger partial charge in [0.25, 0.3) is 11.7 Å². The summed E-state index contributed by atoms with van der Waals surface area (Å²) in [7, 11) is 0. The predicted octanol–water partition coefficient (Wildman–Crippen LogP) is 5.42. The fourth-order valence-electron chi connectivity index (χ4n) is 4.32. The smallest absolute Gasteiger partial charge is 0.295 e. The Kier molecular flexibility index (Phi) is 6.65. The minimum absolute atomic E-state index is 0.000604. The van der Waals surface area contributed by atoms with Crippen molar-refractivity contribution in [2.24, 2.45) is 0 Å². The fourth-order valence-corrected chi connectivity index (χ4v) is 4.32. The third-order valence-corrected chi connectivity index (χ3v) is 6.09. The second-order valence-corrected chi connectivity index (χ2v) is 9.14. The number of aliphatic hydroxyl groups is 1. The molecule has 0 aromatic heterocycles. The Bertz CT molecular complexity index is 1290. The number of rotatable bonds is 6. The van der Waals surface area contributed by atoms with Gasteiger partial charge in [-0.1, -0.05) is 35.9 Å². The summed E-state index contributed by atoms with van der Waals surface area (Å²) in [6.07, 6.45) is -0.000604. The third-order valence-electron chi connectivity index (χ3n) is 6.09. The van der Waals surface area contributed by atoms with Gasteiger partial charge in [-0.05, 0) is 80.8 Å². The van der Waals surface area contributed by atoms with Gasteiger partial charge < -0.3 is 19.8 Å². The van der Waals surface area contributed by atoms with Gasteiger partial charge in [0.2, 0.25) is 0 Å². The maximum atomic E-state index is 13.3. The molecule has 4 rings (SSSR count). The number of amides is 1. The number of carbonyl (C=O) groups excluding carboxylic acids is 2. The van der Waals surface area contributed by atoms with E-state index < -0.39 is 17.7 Å². The van der Waals surface area contributed by atoms with Crippen molar-refractivity contribution in [1.82, 2.24) is 4.90 Å². The Morgan fingerprint density at radius 3 is 2.26 bits per heavy atom. The second kappa shape index (κ2) is 9.66. The highest BCUT2D eigenvalue weighted by molar-refractivity contribution is 6.46. The summed E-state index contributed by atoms with van der Waals surface area (Å²) in [5.74, 6) is -0.956. The van der Waals surface area contributed by atoms with Crippen molar-refractivity contribution >= 4 is 17.4 Å². The maximum Gasteiger partial charge on any atom is 0.295 e. The molecule has 2 N–H and O–H groups in total. The molecule has 1 amide bonds. The van der Waals surface area contributed by atoms with Crippen LogP contribution in [0.25, 0.3) is 5.76 Å². The van der Waals surface area contributed by atoms with E-state index in [2.05, 4.69) is 0 Å². The van der Waals surface area contributed by atoms with Crippen LogP contribution in [0.15, 0.2) is 72.3 Å². The topological polar surface area (TPSA) is 87.1 Å². The Labute approximate surface area is 205 Å². The van der Waals surface area contributed by atoms with Crippen molar-refractivity contribution < 1.29 is 24.5 Å². The van der Waals surface area contributed by atoms with Gasteiger partial charge in [-0.15, -0.1) is 0 Å². The molecule has 1 unspecified atom stereocenters. The first kappa shape index (κ1) is 24.1. The summed E-state index contributed by atoms with van der Waals surface area (Å²) in [6, 6.07) is 18.3. The summed E-state index contributed by atoms with van der Waals surface area (Å²) in [6.45, 7) is 7.98. The van der Waals surface area contributed by atoms with Gasteiger partial charge in [0.05, 0.1) is 17.7 Å². The number of aliphatic hydroxyl groups excluding tert-OH is 1. The predicted molar refractivity (Wildman–Crippen MR) is 134 cm³/mol. The normalized spacial score (nSPS) is 17.3. The van der Waals surface area contributed by atoms with Crippen LogP contribution >= 0.6 is 0 Å². The number of hydrogen-bond donors (Lipinski definition) is 2. The molecule has 3 aromatic carbocycles. The van der Waals surface area contributed by atoms with E-state index in [1.807, 2.05) is 45.9 Å². The lowest BCUT2D eigenvalue weighted by Gasteiger charge is -2.26. The molecule has 6 nitrogen and oxygen atoms in total. The first-order chi connectivity index (χ1) is 16.7. The molecular weight excluding hydrogens is 442 g/mol. The van der Waals surface area contributed by atoms with E-state index in [0.29, 0.717) is 16.9 Å². The summed E-state index contributed by atoms with van der Waals surface area (Å²) in [5.41, 5.74) is 4.02. The monoisotopic (exact) mass is 471 g/mol. The number of carbonyl (C=O) groups is 2. The molecule has 1 heterocycles. The van der Waals surface area contributed by atoms with Crippen LogP contribution in [0, 0.1) is 13.8 Å². The van der Waals surface area contributed by atoms with E-state index in [4.69, 9.17) is 4.74 Å². The first-order valence-electron chi connectivity index (χ1n) is 11.6. The number of phenols is 1. The molecule has 1 saturated heterocycles.